The van der Waals surface area contributed by atoms with Crippen molar-refractivity contribution >= 4 is 11.9 Å². The third-order valence-electron chi connectivity index (χ3n) is 16.0. The van der Waals surface area contributed by atoms with Gasteiger partial charge in [0.15, 0.2) is 0 Å². The van der Waals surface area contributed by atoms with Crippen LogP contribution in [0.25, 0.3) is 0 Å². The Morgan fingerprint density at radius 2 is 1.68 bits per heavy atom. The summed E-state index contributed by atoms with van der Waals surface area (Å²) in [4.78, 5) is 24.5. The second-order valence-corrected chi connectivity index (χ2v) is 19.1. The Bertz CT molecular complexity index is 1370. The number of carboxylic acids is 1. The Balaban J connectivity index is 1.24. The molecule has 0 aromatic carbocycles. The standard InChI is InChI=1S/C39H62N4O4/c1-24(2)25-12-18-39(19-15-30-40-42-43-41-30)21-20-37(8)26(33(25)39)10-11-28-36(7)16-14-29(35(5,6)27(36)13-17-38(28,37)9)47-32(46)23-34(3,4)22-31(44)45/h25-29,33H,1,10-23H2,2-9H3,(H,44,45)(H,40,41,42,43)/t25-,26+,27-,28+,29-,33+,36-,37+,38+,39-/m0/s1. The zero-order valence-electron chi connectivity index (χ0n) is 30.6. The molecule has 262 valence electrons. The van der Waals surface area contributed by atoms with Gasteiger partial charge in [-0.3, -0.25) is 9.59 Å². The Kier molecular flexibility index (Phi) is 8.60. The lowest BCUT2D eigenvalue weighted by molar-refractivity contribution is -0.250. The number of nitrogens with one attached hydrogen (secondary N) is 1. The number of ether oxygens (including phenoxy) is 1. The minimum atomic E-state index is -0.874. The van der Waals surface area contributed by atoms with Crippen molar-refractivity contribution in [3.8, 4) is 0 Å². The second kappa shape index (κ2) is 11.7. The number of fused-ring (bicyclic) bond motifs is 7. The molecule has 5 aliphatic rings. The maximum Gasteiger partial charge on any atom is 0.306 e. The van der Waals surface area contributed by atoms with Gasteiger partial charge in [0, 0.05) is 11.8 Å². The molecule has 5 saturated carbocycles. The molecule has 0 aliphatic heterocycles. The normalized spacial score (nSPS) is 42.4. The number of carboxylic acid groups (broad SMARTS) is 1. The molecule has 1 aromatic heterocycles. The molecule has 5 fully saturated rings. The molecule has 0 saturated heterocycles. The molecule has 0 bridgehead atoms. The van der Waals surface area contributed by atoms with Crippen molar-refractivity contribution in [1.29, 1.82) is 0 Å². The largest absolute Gasteiger partial charge is 0.481 e. The number of aromatic nitrogens is 4. The number of rotatable bonds is 9. The van der Waals surface area contributed by atoms with Gasteiger partial charge in [-0.2, -0.15) is 0 Å². The predicted octanol–water partition coefficient (Wildman–Crippen LogP) is 8.59. The molecule has 8 nitrogen and oxygen atoms in total. The second-order valence-electron chi connectivity index (χ2n) is 19.1. The zero-order chi connectivity index (χ0) is 34.2. The minimum Gasteiger partial charge on any atom is -0.481 e. The van der Waals surface area contributed by atoms with E-state index >= 15 is 0 Å². The highest BCUT2D eigenvalue weighted by Crippen LogP contribution is 2.78. The topological polar surface area (TPSA) is 118 Å². The van der Waals surface area contributed by atoms with Crippen molar-refractivity contribution in [2.75, 3.05) is 0 Å². The van der Waals surface area contributed by atoms with Gasteiger partial charge in [0.2, 0.25) is 0 Å². The number of esters is 1. The van der Waals surface area contributed by atoms with E-state index in [1.807, 2.05) is 13.8 Å². The summed E-state index contributed by atoms with van der Waals surface area (Å²) in [6.45, 7) is 23.2. The average Bonchev–Trinajstić information content (AvgIpc) is 3.61. The van der Waals surface area contributed by atoms with Gasteiger partial charge in [-0.15, -0.1) is 5.10 Å². The van der Waals surface area contributed by atoms with E-state index in [9.17, 15) is 14.7 Å². The highest BCUT2D eigenvalue weighted by Gasteiger charge is 2.71. The molecule has 47 heavy (non-hydrogen) atoms. The van der Waals surface area contributed by atoms with Gasteiger partial charge < -0.3 is 9.84 Å². The molecule has 0 unspecified atom stereocenters. The number of nitrogens with zero attached hydrogens (tertiary/aromatic N) is 3. The number of hydrogen-bond donors (Lipinski definition) is 2. The molecule has 1 heterocycles. The average molecular weight is 651 g/mol. The molecule has 6 rings (SSSR count). The Morgan fingerprint density at radius 1 is 0.936 bits per heavy atom. The van der Waals surface area contributed by atoms with E-state index in [0.29, 0.717) is 35.0 Å². The van der Waals surface area contributed by atoms with Gasteiger partial charge in [-0.25, -0.2) is 5.10 Å². The van der Waals surface area contributed by atoms with E-state index in [1.54, 1.807) is 0 Å². The molecular formula is C39H62N4O4. The summed E-state index contributed by atoms with van der Waals surface area (Å²) in [6.07, 6.45) is 14.2. The van der Waals surface area contributed by atoms with Crippen LogP contribution in [0, 0.1) is 62.1 Å². The smallest absolute Gasteiger partial charge is 0.306 e. The van der Waals surface area contributed by atoms with Gasteiger partial charge in [0.1, 0.15) is 11.9 Å². The van der Waals surface area contributed by atoms with Crippen molar-refractivity contribution in [1.82, 2.24) is 20.6 Å². The monoisotopic (exact) mass is 650 g/mol. The van der Waals surface area contributed by atoms with Crippen LogP contribution in [-0.4, -0.2) is 43.8 Å². The van der Waals surface area contributed by atoms with Crippen LogP contribution in [-0.2, 0) is 20.7 Å². The molecule has 0 radical (unpaired) electrons. The van der Waals surface area contributed by atoms with E-state index < -0.39 is 11.4 Å². The van der Waals surface area contributed by atoms with Gasteiger partial charge in [0.05, 0.1) is 12.8 Å². The third kappa shape index (κ3) is 5.50. The first-order valence-electron chi connectivity index (χ1n) is 18.7. The van der Waals surface area contributed by atoms with Crippen molar-refractivity contribution in [2.24, 2.45) is 62.1 Å². The van der Waals surface area contributed by atoms with Crippen LogP contribution in [0.3, 0.4) is 0 Å². The van der Waals surface area contributed by atoms with Gasteiger partial charge in [-0.05, 0) is 145 Å². The first kappa shape index (κ1) is 34.6. The van der Waals surface area contributed by atoms with Crippen LogP contribution in [0.5, 0.6) is 0 Å². The van der Waals surface area contributed by atoms with E-state index in [-0.39, 0.29) is 46.6 Å². The lowest BCUT2D eigenvalue weighted by Gasteiger charge is -2.73. The first-order chi connectivity index (χ1) is 21.9. The summed E-state index contributed by atoms with van der Waals surface area (Å²) in [7, 11) is 0. The lowest BCUT2D eigenvalue weighted by atomic mass is 9.32. The molecular weight excluding hydrogens is 588 g/mol. The lowest BCUT2D eigenvalue weighted by Crippen LogP contribution is -2.66. The molecule has 1 aromatic rings. The number of carbonyl (C=O) groups excluding carboxylic acids is 1. The number of aryl methyl sites for hydroxylation is 1. The summed E-state index contributed by atoms with van der Waals surface area (Å²) in [5.74, 6) is 2.91. The number of hydrogen-bond acceptors (Lipinski definition) is 6. The Labute approximate surface area is 283 Å². The van der Waals surface area contributed by atoms with Crippen LogP contribution >= 0.6 is 0 Å². The van der Waals surface area contributed by atoms with Gasteiger partial charge in [-0.1, -0.05) is 60.6 Å². The number of aromatic amines is 1. The van der Waals surface area contributed by atoms with Gasteiger partial charge >= 0.3 is 11.9 Å². The van der Waals surface area contributed by atoms with E-state index in [1.165, 1.54) is 56.9 Å². The maximum absolute atomic E-state index is 13.2. The van der Waals surface area contributed by atoms with E-state index in [0.717, 1.165) is 31.5 Å². The SMILES string of the molecule is C=C(C)[C@@H]1CC[C@]2(CCc3nnn[nH]3)CC[C@]3(C)[C@H](CC[C@@H]4[C@@]5(C)CC[C@H](OC(=O)CC(C)(C)CC(=O)O)C(C)(C)[C@@H]5CC[C@]43C)[C@@H]12. The number of tetrazole rings is 1. The first-order valence-corrected chi connectivity index (χ1v) is 18.7. The van der Waals surface area contributed by atoms with Crippen molar-refractivity contribution in [3.63, 3.8) is 0 Å². The van der Waals surface area contributed by atoms with Crippen LogP contribution in [0.2, 0.25) is 0 Å². The maximum atomic E-state index is 13.2. The molecule has 2 N–H and O–H groups in total. The molecule has 5 aliphatic carbocycles. The molecule has 8 heteroatoms. The number of aliphatic carboxylic acids is 1. The Hall–Kier alpha value is -2.25. The molecule has 0 amide bonds. The minimum absolute atomic E-state index is 0.0368. The summed E-state index contributed by atoms with van der Waals surface area (Å²) in [6, 6.07) is 0. The van der Waals surface area contributed by atoms with Crippen molar-refractivity contribution in [3.05, 3.63) is 18.0 Å². The fourth-order valence-electron chi connectivity index (χ4n) is 13.6. The zero-order valence-corrected chi connectivity index (χ0v) is 30.6. The summed E-state index contributed by atoms with van der Waals surface area (Å²) in [5, 5.41) is 24.3. The summed E-state index contributed by atoms with van der Waals surface area (Å²) >= 11 is 0. The van der Waals surface area contributed by atoms with Crippen molar-refractivity contribution < 1.29 is 19.4 Å². The fourth-order valence-corrected chi connectivity index (χ4v) is 13.6. The fraction of sp³-hybridized carbons (Fsp3) is 0.872. The predicted molar refractivity (Wildman–Crippen MR) is 182 cm³/mol. The van der Waals surface area contributed by atoms with Crippen LogP contribution in [0.1, 0.15) is 145 Å². The van der Waals surface area contributed by atoms with E-state index in [4.69, 9.17) is 4.74 Å². The summed E-state index contributed by atoms with van der Waals surface area (Å²) < 4.78 is 6.27. The summed E-state index contributed by atoms with van der Waals surface area (Å²) in [5.41, 5.74) is 1.72. The molecule has 10 atom stereocenters. The highest BCUT2D eigenvalue weighted by atomic mass is 16.5. The van der Waals surface area contributed by atoms with Crippen molar-refractivity contribution in [2.45, 2.75) is 151 Å². The molecule has 0 spiro atoms. The van der Waals surface area contributed by atoms with Crippen LogP contribution in [0.4, 0.5) is 0 Å². The number of carbonyl (C=O) groups is 2. The number of H-pyrrole nitrogens is 1. The highest BCUT2D eigenvalue weighted by molar-refractivity contribution is 5.73. The van der Waals surface area contributed by atoms with Crippen LogP contribution in [0.15, 0.2) is 12.2 Å². The quantitative estimate of drug-likeness (QED) is 0.203. The number of allylic oxidation sites excluding steroid dienone is 1. The Morgan fingerprint density at radius 3 is 2.34 bits per heavy atom. The van der Waals surface area contributed by atoms with Gasteiger partial charge in [0.25, 0.3) is 0 Å². The van der Waals surface area contributed by atoms with Crippen LogP contribution < -0.4 is 0 Å². The third-order valence-corrected chi connectivity index (χ3v) is 16.0. The van der Waals surface area contributed by atoms with E-state index in [2.05, 4.69) is 68.7 Å².